The number of fused-ring (bicyclic) bond motifs is 1. The average Bonchev–Trinajstić information content (AvgIpc) is 3.13. The summed E-state index contributed by atoms with van der Waals surface area (Å²) in [4.78, 5) is 28.4. The van der Waals surface area contributed by atoms with Gasteiger partial charge in [-0.15, -0.1) is 0 Å². The van der Waals surface area contributed by atoms with Crippen molar-refractivity contribution in [2.75, 3.05) is 16.8 Å². The van der Waals surface area contributed by atoms with Crippen molar-refractivity contribution in [1.82, 2.24) is 4.98 Å². The minimum Gasteiger partial charge on any atom is -0.481 e. The summed E-state index contributed by atoms with van der Waals surface area (Å²) >= 11 is 1.58. The lowest BCUT2D eigenvalue weighted by Crippen LogP contribution is -2.35. The first-order valence-corrected chi connectivity index (χ1v) is 9.37. The number of anilines is 1. The first kappa shape index (κ1) is 17.8. The molecule has 0 radical (unpaired) electrons. The zero-order chi connectivity index (χ0) is 18.2. The molecule has 1 saturated heterocycles. The molecule has 1 atom stereocenters. The fourth-order valence-corrected chi connectivity index (χ4v) is 4.27. The molecule has 0 unspecified atom stereocenters. The van der Waals surface area contributed by atoms with Gasteiger partial charge in [0, 0.05) is 23.3 Å². The summed E-state index contributed by atoms with van der Waals surface area (Å²) in [7, 11) is 0. The molecule has 2 heterocycles. The summed E-state index contributed by atoms with van der Waals surface area (Å²) in [6, 6.07) is 5.27. The molecule has 2 aromatic rings. The maximum absolute atomic E-state index is 12.4. The van der Waals surface area contributed by atoms with Crippen molar-refractivity contribution in [1.29, 1.82) is 0 Å². The Morgan fingerprint density at radius 3 is 2.76 bits per heavy atom. The van der Waals surface area contributed by atoms with E-state index in [2.05, 4.69) is 10.3 Å². The largest absolute Gasteiger partial charge is 0.481 e. The lowest BCUT2D eigenvalue weighted by Gasteiger charge is -2.22. The van der Waals surface area contributed by atoms with Crippen LogP contribution in [0.1, 0.15) is 39.5 Å². The molecule has 1 aromatic heterocycles. The molecular weight excluding hydrogens is 340 g/mol. The molecule has 0 aliphatic carbocycles. The van der Waals surface area contributed by atoms with Gasteiger partial charge in [0.2, 0.25) is 11.8 Å². The van der Waals surface area contributed by atoms with Crippen molar-refractivity contribution in [2.24, 2.45) is 5.41 Å². The molecule has 1 amide bonds. The number of carboxylic acids is 1. The molecular formula is C18H22N2O4S. The number of hydrogen-bond acceptors (Lipinski definition) is 5. The second-order valence-corrected chi connectivity index (χ2v) is 8.67. The van der Waals surface area contributed by atoms with E-state index in [9.17, 15) is 14.7 Å². The number of aliphatic carboxylic acids is 1. The zero-order valence-corrected chi connectivity index (χ0v) is 15.4. The number of aromatic nitrogens is 1. The van der Waals surface area contributed by atoms with Gasteiger partial charge in [-0.1, -0.05) is 20.8 Å². The second kappa shape index (κ2) is 6.37. The van der Waals surface area contributed by atoms with E-state index in [1.54, 1.807) is 30.0 Å². The third-order valence-electron chi connectivity index (χ3n) is 4.37. The van der Waals surface area contributed by atoms with E-state index < -0.39 is 11.4 Å². The van der Waals surface area contributed by atoms with Gasteiger partial charge in [-0.25, -0.2) is 4.98 Å². The topological polar surface area (TPSA) is 92.4 Å². The van der Waals surface area contributed by atoms with Crippen LogP contribution < -0.4 is 5.32 Å². The fourth-order valence-electron chi connectivity index (χ4n) is 2.83. The van der Waals surface area contributed by atoms with Gasteiger partial charge < -0.3 is 14.8 Å². The summed E-state index contributed by atoms with van der Waals surface area (Å²) in [5, 5.41) is 12.3. The van der Waals surface area contributed by atoms with Crippen LogP contribution in [0.4, 0.5) is 5.69 Å². The number of oxazole rings is 1. The van der Waals surface area contributed by atoms with Gasteiger partial charge in [0.25, 0.3) is 0 Å². The molecule has 134 valence electrons. The number of carbonyl (C=O) groups excluding carboxylic acids is 1. The third-order valence-corrected chi connectivity index (χ3v) is 5.62. The van der Waals surface area contributed by atoms with E-state index >= 15 is 0 Å². The van der Waals surface area contributed by atoms with Gasteiger partial charge in [0.1, 0.15) is 5.52 Å². The third kappa shape index (κ3) is 3.66. The van der Waals surface area contributed by atoms with Gasteiger partial charge in [0.15, 0.2) is 5.58 Å². The van der Waals surface area contributed by atoms with Crippen molar-refractivity contribution < 1.29 is 19.1 Å². The van der Waals surface area contributed by atoms with Gasteiger partial charge >= 0.3 is 5.97 Å². The average molecular weight is 362 g/mol. The Balaban J connectivity index is 1.76. The molecule has 0 saturated carbocycles. The zero-order valence-electron chi connectivity index (χ0n) is 14.6. The molecule has 0 bridgehead atoms. The van der Waals surface area contributed by atoms with Crippen LogP contribution in [0.15, 0.2) is 22.6 Å². The number of carboxylic acid groups (broad SMARTS) is 1. The Hall–Kier alpha value is -2.02. The van der Waals surface area contributed by atoms with Gasteiger partial charge in [-0.2, -0.15) is 11.8 Å². The minimum atomic E-state index is -0.952. The highest BCUT2D eigenvalue weighted by atomic mass is 32.2. The summed E-state index contributed by atoms with van der Waals surface area (Å²) in [5.41, 5.74) is 0.782. The number of benzene rings is 1. The maximum Gasteiger partial charge on any atom is 0.311 e. The van der Waals surface area contributed by atoms with Crippen molar-refractivity contribution in [3.8, 4) is 0 Å². The molecule has 0 spiro atoms. The number of thioether (sulfide) groups is 1. The van der Waals surface area contributed by atoms with Crippen LogP contribution in [0.2, 0.25) is 0 Å². The second-order valence-electron chi connectivity index (χ2n) is 7.56. The van der Waals surface area contributed by atoms with Crippen molar-refractivity contribution in [2.45, 2.75) is 39.0 Å². The highest BCUT2D eigenvalue weighted by Gasteiger charge is 2.43. The molecule has 25 heavy (non-hydrogen) atoms. The minimum absolute atomic E-state index is 0.0145. The standard InChI is InChI=1S/C18H22N2O4S/c1-17(2,3)15-20-12-8-11(4-5-13(12)24-15)19-14(21)9-18(16(22)23)6-7-25-10-18/h4-5,8H,6-7,9-10H2,1-3H3,(H,19,21)(H,22,23)/t18-/m0/s1. The predicted molar refractivity (Wildman–Crippen MR) is 98.0 cm³/mol. The van der Waals surface area contributed by atoms with E-state index in [1.165, 1.54) is 0 Å². The molecule has 1 aromatic carbocycles. The Morgan fingerprint density at radius 1 is 1.40 bits per heavy atom. The first-order chi connectivity index (χ1) is 11.7. The quantitative estimate of drug-likeness (QED) is 0.862. The number of nitrogens with zero attached hydrogens (tertiary/aromatic N) is 1. The van der Waals surface area contributed by atoms with Crippen LogP contribution in [-0.2, 0) is 15.0 Å². The number of carbonyl (C=O) groups is 2. The van der Waals surface area contributed by atoms with Crippen LogP contribution in [0, 0.1) is 5.41 Å². The number of nitrogens with one attached hydrogen (secondary N) is 1. The predicted octanol–water partition coefficient (Wildman–Crippen LogP) is 3.66. The Labute approximate surface area is 150 Å². The van der Waals surface area contributed by atoms with E-state index in [-0.39, 0.29) is 17.7 Å². The molecule has 1 aliphatic heterocycles. The summed E-state index contributed by atoms with van der Waals surface area (Å²) in [6.07, 6.45) is 0.511. The fraction of sp³-hybridized carbons (Fsp3) is 0.500. The summed E-state index contributed by atoms with van der Waals surface area (Å²) in [6.45, 7) is 6.06. The van der Waals surface area contributed by atoms with Gasteiger partial charge in [-0.3, -0.25) is 9.59 Å². The van der Waals surface area contributed by atoms with E-state index in [4.69, 9.17) is 4.42 Å². The molecule has 2 N–H and O–H groups in total. The number of rotatable bonds is 4. The smallest absolute Gasteiger partial charge is 0.311 e. The van der Waals surface area contributed by atoms with Crippen molar-refractivity contribution in [3.63, 3.8) is 0 Å². The Morgan fingerprint density at radius 2 is 2.16 bits per heavy atom. The Kier molecular flexibility index (Phi) is 4.53. The highest BCUT2D eigenvalue weighted by Crippen LogP contribution is 2.39. The van der Waals surface area contributed by atoms with Crippen molar-refractivity contribution >= 4 is 40.4 Å². The highest BCUT2D eigenvalue weighted by molar-refractivity contribution is 7.99. The molecule has 6 nitrogen and oxygen atoms in total. The normalized spacial score (nSPS) is 20.8. The maximum atomic E-state index is 12.4. The molecule has 7 heteroatoms. The van der Waals surface area contributed by atoms with Gasteiger partial charge in [0.05, 0.1) is 5.41 Å². The van der Waals surface area contributed by atoms with Gasteiger partial charge in [-0.05, 0) is 30.4 Å². The SMILES string of the molecule is CC(C)(C)c1nc2cc(NC(=O)C[C@@]3(C(=O)O)CCSC3)ccc2o1. The Bertz CT molecular complexity index is 816. The first-order valence-electron chi connectivity index (χ1n) is 8.22. The van der Waals surface area contributed by atoms with E-state index in [0.717, 1.165) is 5.75 Å². The number of amides is 1. The van der Waals surface area contributed by atoms with E-state index in [0.29, 0.717) is 34.9 Å². The summed E-state index contributed by atoms with van der Waals surface area (Å²) in [5.74, 6) is 0.713. The molecule has 1 fully saturated rings. The van der Waals surface area contributed by atoms with Crippen LogP contribution in [0.25, 0.3) is 11.1 Å². The van der Waals surface area contributed by atoms with Crippen LogP contribution in [0.5, 0.6) is 0 Å². The van der Waals surface area contributed by atoms with Crippen molar-refractivity contribution in [3.05, 3.63) is 24.1 Å². The lowest BCUT2D eigenvalue weighted by atomic mass is 9.84. The number of hydrogen-bond donors (Lipinski definition) is 2. The van der Waals surface area contributed by atoms with Crippen LogP contribution >= 0.6 is 11.8 Å². The monoisotopic (exact) mass is 362 g/mol. The van der Waals surface area contributed by atoms with E-state index in [1.807, 2.05) is 20.8 Å². The molecule has 3 rings (SSSR count). The van der Waals surface area contributed by atoms with Crippen LogP contribution in [0.3, 0.4) is 0 Å². The summed E-state index contributed by atoms with van der Waals surface area (Å²) < 4.78 is 5.74. The molecule has 1 aliphatic rings. The lowest BCUT2D eigenvalue weighted by molar-refractivity contribution is -0.149. The van der Waals surface area contributed by atoms with Crippen LogP contribution in [-0.4, -0.2) is 33.5 Å².